The minimum absolute atomic E-state index is 0.152. The van der Waals surface area contributed by atoms with E-state index in [9.17, 15) is 9.59 Å². The highest BCUT2D eigenvalue weighted by molar-refractivity contribution is 8.00. The number of nitrogens with one attached hydrogen (secondary N) is 1. The van der Waals surface area contributed by atoms with Crippen molar-refractivity contribution < 1.29 is 19.0 Å². The van der Waals surface area contributed by atoms with Gasteiger partial charge in [-0.3, -0.25) is 14.2 Å². The van der Waals surface area contributed by atoms with E-state index in [-0.39, 0.29) is 24.3 Å². The van der Waals surface area contributed by atoms with Crippen LogP contribution in [0.3, 0.4) is 0 Å². The molecule has 162 valence electrons. The smallest absolute Gasteiger partial charge is 0.262 e. The molecule has 0 spiro atoms. The van der Waals surface area contributed by atoms with Crippen LogP contribution in [0.15, 0.2) is 52.4 Å². The first-order chi connectivity index (χ1) is 15.0. The number of rotatable bonds is 7. The minimum Gasteiger partial charge on any atom is -0.454 e. The Bertz CT molecular complexity index is 1180. The van der Waals surface area contributed by atoms with Gasteiger partial charge in [0.1, 0.15) is 0 Å². The van der Waals surface area contributed by atoms with Crippen LogP contribution < -0.4 is 20.3 Å². The molecule has 1 aliphatic rings. The lowest BCUT2D eigenvalue weighted by atomic mass is 10.2. The van der Waals surface area contributed by atoms with E-state index in [0.717, 1.165) is 0 Å². The number of hydrogen-bond acceptors (Lipinski definition) is 7. The van der Waals surface area contributed by atoms with Crippen molar-refractivity contribution in [3.05, 3.63) is 52.8 Å². The first-order valence-corrected chi connectivity index (χ1v) is 10.7. The fourth-order valence-corrected chi connectivity index (χ4v) is 4.35. The summed E-state index contributed by atoms with van der Waals surface area (Å²) in [5, 5.41) is 3.39. The molecular formula is C22H23N3O5S. The molecule has 2 atom stereocenters. The standard InChI is InChI=1S/C22H23N3O5S/c1-13(11-28-3)25-21(27)16-6-4-5-7-17(16)24-22(25)31-14(2)20(26)23-15-8-9-18-19(10-15)30-12-29-18/h4-10,13-14H,11-12H2,1-3H3,(H,23,26). The number of methoxy groups -OCH3 is 1. The molecule has 1 N–H and O–H groups in total. The van der Waals surface area contributed by atoms with Crippen LogP contribution >= 0.6 is 11.8 Å². The molecule has 4 rings (SSSR count). The number of carbonyl (C=O) groups excluding carboxylic acids is 1. The zero-order chi connectivity index (χ0) is 22.0. The van der Waals surface area contributed by atoms with E-state index in [4.69, 9.17) is 14.2 Å². The van der Waals surface area contributed by atoms with Crippen LogP contribution in [0.25, 0.3) is 10.9 Å². The maximum Gasteiger partial charge on any atom is 0.262 e. The number of nitrogens with zero attached hydrogens (tertiary/aromatic N) is 2. The molecule has 1 aliphatic heterocycles. The van der Waals surface area contributed by atoms with Gasteiger partial charge in [-0.2, -0.15) is 0 Å². The summed E-state index contributed by atoms with van der Waals surface area (Å²) >= 11 is 1.23. The lowest BCUT2D eigenvalue weighted by molar-refractivity contribution is -0.115. The summed E-state index contributed by atoms with van der Waals surface area (Å²) in [4.78, 5) is 30.6. The number of ether oxygens (including phenoxy) is 3. The third-order valence-electron chi connectivity index (χ3n) is 4.92. The topological polar surface area (TPSA) is 91.7 Å². The van der Waals surface area contributed by atoms with Gasteiger partial charge in [0.2, 0.25) is 12.7 Å². The first kappa shape index (κ1) is 21.2. The fraction of sp³-hybridized carbons (Fsp3) is 0.318. The van der Waals surface area contributed by atoms with Gasteiger partial charge in [0.15, 0.2) is 16.7 Å². The molecule has 0 fully saturated rings. The highest BCUT2D eigenvalue weighted by Gasteiger charge is 2.22. The van der Waals surface area contributed by atoms with E-state index in [0.29, 0.717) is 39.9 Å². The van der Waals surface area contributed by atoms with Crippen molar-refractivity contribution in [3.8, 4) is 11.5 Å². The number of aromatic nitrogens is 2. The van der Waals surface area contributed by atoms with Gasteiger partial charge in [-0.25, -0.2) is 4.98 Å². The zero-order valence-electron chi connectivity index (χ0n) is 17.5. The quantitative estimate of drug-likeness (QED) is 0.443. The molecule has 0 saturated carbocycles. The van der Waals surface area contributed by atoms with E-state index in [2.05, 4.69) is 10.3 Å². The van der Waals surface area contributed by atoms with Crippen molar-refractivity contribution in [2.24, 2.45) is 0 Å². The Labute approximate surface area is 183 Å². The molecule has 2 aromatic carbocycles. The minimum atomic E-state index is -0.500. The van der Waals surface area contributed by atoms with Crippen LogP contribution in [0.4, 0.5) is 5.69 Å². The summed E-state index contributed by atoms with van der Waals surface area (Å²) in [6, 6.07) is 12.2. The van der Waals surface area contributed by atoms with E-state index >= 15 is 0 Å². The Kier molecular flexibility index (Phi) is 6.15. The van der Waals surface area contributed by atoms with E-state index in [1.807, 2.05) is 19.1 Å². The molecule has 0 aliphatic carbocycles. The zero-order valence-corrected chi connectivity index (χ0v) is 18.3. The van der Waals surface area contributed by atoms with Crippen molar-refractivity contribution >= 4 is 34.3 Å². The number of hydrogen-bond donors (Lipinski definition) is 1. The normalized spacial score (nSPS) is 14.4. The van der Waals surface area contributed by atoms with Crippen LogP contribution in [-0.2, 0) is 9.53 Å². The van der Waals surface area contributed by atoms with Crippen LogP contribution in [0, 0.1) is 0 Å². The van der Waals surface area contributed by atoms with Gasteiger partial charge in [0.05, 0.1) is 28.8 Å². The number of para-hydroxylation sites is 1. The second-order valence-electron chi connectivity index (χ2n) is 7.21. The van der Waals surface area contributed by atoms with Crippen LogP contribution in [0.1, 0.15) is 19.9 Å². The molecule has 2 heterocycles. The molecule has 31 heavy (non-hydrogen) atoms. The third-order valence-corrected chi connectivity index (χ3v) is 5.98. The molecule has 0 bridgehead atoms. The molecular weight excluding hydrogens is 418 g/mol. The van der Waals surface area contributed by atoms with Gasteiger partial charge in [0, 0.05) is 18.9 Å². The number of thioether (sulfide) groups is 1. The molecule has 0 radical (unpaired) electrons. The Balaban J connectivity index is 1.59. The molecule has 1 aromatic heterocycles. The summed E-state index contributed by atoms with van der Waals surface area (Å²) in [5.74, 6) is 1.03. The highest BCUT2D eigenvalue weighted by atomic mass is 32.2. The average Bonchev–Trinajstić information content (AvgIpc) is 3.22. The van der Waals surface area contributed by atoms with Crippen molar-refractivity contribution in [1.29, 1.82) is 0 Å². The lowest BCUT2D eigenvalue weighted by Crippen LogP contribution is -2.30. The Morgan fingerprint density at radius 1 is 1.23 bits per heavy atom. The molecule has 2 unspecified atom stereocenters. The second kappa shape index (κ2) is 8.99. The highest BCUT2D eigenvalue weighted by Crippen LogP contribution is 2.34. The summed E-state index contributed by atoms with van der Waals surface area (Å²) in [6.07, 6.45) is 0. The van der Waals surface area contributed by atoms with E-state index in [1.54, 1.807) is 48.9 Å². The van der Waals surface area contributed by atoms with E-state index in [1.165, 1.54) is 11.8 Å². The van der Waals surface area contributed by atoms with Crippen LogP contribution in [-0.4, -0.2) is 41.2 Å². The first-order valence-electron chi connectivity index (χ1n) is 9.85. The second-order valence-corrected chi connectivity index (χ2v) is 8.52. The van der Waals surface area contributed by atoms with Crippen molar-refractivity contribution in [3.63, 3.8) is 0 Å². The van der Waals surface area contributed by atoms with Gasteiger partial charge < -0.3 is 19.5 Å². The largest absolute Gasteiger partial charge is 0.454 e. The van der Waals surface area contributed by atoms with Crippen molar-refractivity contribution in [2.75, 3.05) is 25.8 Å². The summed E-state index contributed by atoms with van der Waals surface area (Å²) < 4.78 is 17.5. The van der Waals surface area contributed by atoms with E-state index < -0.39 is 5.25 Å². The maximum absolute atomic E-state index is 13.1. The van der Waals surface area contributed by atoms with Gasteiger partial charge in [-0.05, 0) is 38.1 Å². The van der Waals surface area contributed by atoms with Crippen molar-refractivity contribution in [1.82, 2.24) is 9.55 Å². The molecule has 0 saturated heterocycles. The third kappa shape index (κ3) is 4.38. The predicted molar refractivity (Wildman–Crippen MR) is 119 cm³/mol. The van der Waals surface area contributed by atoms with Gasteiger partial charge in [0.25, 0.3) is 5.56 Å². The monoisotopic (exact) mass is 441 g/mol. The fourth-order valence-electron chi connectivity index (χ4n) is 3.34. The average molecular weight is 442 g/mol. The lowest BCUT2D eigenvalue weighted by Gasteiger charge is -2.20. The number of carbonyl (C=O) groups is 1. The molecule has 3 aromatic rings. The number of fused-ring (bicyclic) bond motifs is 2. The SMILES string of the molecule is COCC(C)n1c(SC(C)C(=O)Nc2ccc3c(c2)OCO3)nc2ccccc2c1=O. The summed E-state index contributed by atoms with van der Waals surface area (Å²) in [6.45, 7) is 4.19. The summed E-state index contributed by atoms with van der Waals surface area (Å²) in [5.41, 5.74) is 1.05. The maximum atomic E-state index is 13.1. The number of benzene rings is 2. The summed E-state index contributed by atoms with van der Waals surface area (Å²) in [7, 11) is 1.59. The Hall–Kier alpha value is -3.04. The Morgan fingerprint density at radius 2 is 2.00 bits per heavy atom. The van der Waals surface area contributed by atoms with Crippen molar-refractivity contribution in [2.45, 2.75) is 30.3 Å². The number of amides is 1. The van der Waals surface area contributed by atoms with Crippen LogP contribution in [0.2, 0.25) is 0 Å². The molecule has 8 nitrogen and oxygen atoms in total. The molecule has 9 heteroatoms. The van der Waals surface area contributed by atoms with Gasteiger partial charge in [-0.15, -0.1) is 0 Å². The Morgan fingerprint density at radius 3 is 2.81 bits per heavy atom. The van der Waals surface area contributed by atoms with Gasteiger partial charge in [-0.1, -0.05) is 23.9 Å². The predicted octanol–water partition coefficient (Wildman–Crippen LogP) is 3.45. The number of anilines is 1. The molecule has 1 amide bonds. The van der Waals surface area contributed by atoms with Gasteiger partial charge >= 0.3 is 0 Å². The van der Waals surface area contributed by atoms with Crippen LogP contribution in [0.5, 0.6) is 11.5 Å².